The number of nitrogens with zero attached hydrogens (tertiary/aromatic N) is 2. The number of urea groups is 1. The van der Waals surface area contributed by atoms with E-state index in [1.54, 1.807) is 0 Å². The molecular formula is C12H23N3O2. The summed E-state index contributed by atoms with van der Waals surface area (Å²) in [6, 6.07) is 0.890. The predicted octanol–water partition coefficient (Wildman–Crippen LogP) is 1.21. The number of carbonyl (C=O) groups excluding carboxylic acids is 1. The minimum Gasteiger partial charge on any atom is -0.378 e. The molecule has 2 saturated heterocycles. The molecule has 0 aromatic rings. The molecule has 2 heterocycles. The van der Waals surface area contributed by atoms with E-state index in [-0.39, 0.29) is 6.03 Å². The Morgan fingerprint density at radius 3 is 2.35 bits per heavy atom. The molecule has 2 aliphatic rings. The average molecular weight is 241 g/mol. The van der Waals surface area contributed by atoms with Gasteiger partial charge in [-0.25, -0.2) is 9.80 Å². The average Bonchev–Trinajstić information content (AvgIpc) is 2.35. The van der Waals surface area contributed by atoms with Crippen LogP contribution in [0.15, 0.2) is 0 Å². The molecule has 5 heteroatoms. The van der Waals surface area contributed by atoms with Gasteiger partial charge < -0.3 is 9.64 Å². The lowest BCUT2D eigenvalue weighted by atomic mass is 10.00. The van der Waals surface area contributed by atoms with E-state index in [4.69, 9.17) is 4.74 Å². The van der Waals surface area contributed by atoms with Gasteiger partial charge in [0.15, 0.2) is 0 Å². The van der Waals surface area contributed by atoms with Gasteiger partial charge in [-0.2, -0.15) is 0 Å². The van der Waals surface area contributed by atoms with Gasteiger partial charge in [-0.05, 0) is 26.7 Å². The highest BCUT2D eigenvalue weighted by molar-refractivity contribution is 5.73. The summed E-state index contributed by atoms with van der Waals surface area (Å²) < 4.78 is 5.25. The van der Waals surface area contributed by atoms with Crippen molar-refractivity contribution in [1.29, 1.82) is 0 Å². The van der Waals surface area contributed by atoms with Crippen molar-refractivity contribution in [3.8, 4) is 0 Å². The zero-order valence-electron chi connectivity index (χ0n) is 10.8. The molecule has 17 heavy (non-hydrogen) atoms. The maximum absolute atomic E-state index is 12.1. The number of amides is 2. The Hall–Kier alpha value is -0.810. The molecule has 2 unspecified atom stereocenters. The molecule has 2 atom stereocenters. The van der Waals surface area contributed by atoms with Crippen molar-refractivity contribution in [3.05, 3.63) is 0 Å². The lowest BCUT2D eigenvalue weighted by Crippen LogP contribution is -2.58. The Labute approximate surface area is 103 Å². The van der Waals surface area contributed by atoms with Crippen molar-refractivity contribution in [2.45, 2.75) is 45.2 Å². The monoisotopic (exact) mass is 241 g/mol. The molecule has 1 N–H and O–H groups in total. The molecule has 2 amide bonds. The van der Waals surface area contributed by atoms with Gasteiger partial charge in [-0.1, -0.05) is 6.42 Å². The van der Waals surface area contributed by atoms with Crippen LogP contribution in [-0.4, -0.2) is 54.3 Å². The number of morpholine rings is 1. The van der Waals surface area contributed by atoms with Crippen molar-refractivity contribution >= 4 is 6.03 Å². The summed E-state index contributed by atoms with van der Waals surface area (Å²) in [6.07, 6.45) is 3.58. The van der Waals surface area contributed by atoms with Gasteiger partial charge in [-0.3, -0.25) is 5.43 Å². The molecule has 0 aromatic carbocycles. The molecule has 2 fully saturated rings. The molecule has 0 bridgehead atoms. The summed E-state index contributed by atoms with van der Waals surface area (Å²) >= 11 is 0. The molecular weight excluding hydrogens is 218 g/mol. The Balaban J connectivity index is 1.87. The summed E-state index contributed by atoms with van der Waals surface area (Å²) in [7, 11) is 0. The van der Waals surface area contributed by atoms with Crippen LogP contribution in [0.2, 0.25) is 0 Å². The Morgan fingerprint density at radius 2 is 1.76 bits per heavy atom. The van der Waals surface area contributed by atoms with E-state index in [1.807, 2.05) is 4.90 Å². The first-order valence-electron chi connectivity index (χ1n) is 6.60. The molecule has 0 aliphatic carbocycles. The molecule has 2 aliphatic heterocycles. The van der Waals surface area contributed by atoms with Crippen LogP contribution >= 0.6 is 0 Å². The topological polar surface area (TPSA) is 44.8 Å². The van der Waals surface area contributed by atoms with Gasteiger partial charge in [-0.15, -0.1) is 0 Å². The molecule has 2 rings (SSSR count). The van der Waals surface area contributed by atoms with Gasteiger partial charge >= 0.3 is 6.03 Å². The summed E-state index contributed by atoms with van der Waals surface area (Å²) in [5.74, 6) is 0. The Kier molecular flexibility index (Phi) is 4.23. The van der Waals surface area contributed by atoms with Crippen LogP contribution in [0.25, 0.3) is 0 Å². The molecule has 98 valence electrons. The second kappa shape index (κ2) is 5.69. The van der Waals surface area contributed by atoms with Crippen molar-refractivity contribution < 1.29 is 9.53 Å². The van der Waals surface area contributed by atoms with E-state index in [2.05, 4.69) is 24.3 Å². The van der Waals surface area contributed by atoms with Crippen LogP contribution in [0.1, 0.15) is 33.1 Å². The first-order chi connectivity index (χ1) is 8.18. The highest BCUT2D eigenvalue weighted by Crippen LogP contribution is 2.20. The second-order valence-corrected chi connectivity index (χ2v) is 5.05. The zero-order valence-corrected chi connectivity index (χ0v) is 10.8. The first-order valence-corrected chi connectivity index (χ1v) is 6.60. The smallest absolute Gasteiger partial charge is 0.332 e. The predicted molar refractivity (Wildman–Crippen MR) is 65.5 cm³/mol. The van der Waals surface area contributed by atoms with E-state index >= 15 is 0 Å². The number of hydrazine groups is 1. The maximum atomic E-state index is 12.1. The fourth-order valence-corrected chi connectivity index (χ4v) is 2.59. The van der Waals surface area contributed by atoms with E-state index in [9.17, 15) is 4.79 Å². The Morgan fingerprint density at radius 1 is 1.18 bits per heavy atom. The maximum Gasteiger partial charge on any atom is 0.332 e. The highest BCUT2D eigenvalue weighted by Gasteiger charge is 2.28. The second-order valence-electron chi connectivity index (χ2n) is 5.05. The number of ether oxygens (including phenoxy) is 1. The number of hydrogen-bond donors (Lipinski definition) is 1. The van der Waals surface area contributed by atoms with E-state index < -0.39 is 0 Å². The number of piperidine rings is 1. The van der Waals surface area contributed by atoms with Gasteiger partial charge in [0.2, 0.25) is 0 Å². The van der Waals surface area contributed by atoms with Crippen LogP contribution < -0.4 is 5.43 Å². The summed E-state index contributed by atoms with van der Waals surface area (Å²) in [6.45, 7) is 7.05. The SMILES string of the molecule is CC1CCCC(C)N1NC(=O)N1CCOCC1. The summed E-state index contributed by atoms with van der Waals surface area (Å²) in [5.41, 5.74) is 3.05. The first kappa shape index (κ1) is 12.6. The highest BCUT2D eigenvalue weighted by atomic mass is 16.5. The molecule has 5 nitrogen and oxygen atoms in total. The van der Waals surface area contributed by atoms with Crippen LogP contribution in [0.3, 0.4) is 0 Å². The minimum atomic E-state index is 0.0221. The Bertz CT molecular complexity index is 256. The van der Waals surface area contributed by atoms with Crippen molar-refractivity contribution in [2.75, 3.05) is 26.3 Å². The van der Waals surface area contributed by atoms with Gasteiger partial charge in [0.1, 0.15) is 0 Å². The number of rotatable bonds is 1. The third kappa shape index (κ3) is 3.10. The summed E-state index contributed by atoms with van der Waals surface area (Å²) in [4.78, 5) is 13.9. The van der Waals surface area contributed by atoms with Gasteiger partial charge in [0.05, 0.1) is 13.2 Å². The fourth-order valence-electron chi connectivity index (χ4n) is 2.59. The lowest BCUT2D eigenvalue weighted by molar-refractivity contribution is 0.0250. The minimum absolute atomic E-state index is 0.0221. The van der Waals surface area contributed by atoms with Gasteiger partial charge in [0, 0.05) is 25.2 Å². The van der Waals surface area contributed by atoms with Crippen molar-refractivity contribution in [3.63, 3.8) is 0 Å². The van der Waals surface area contributed by atoms with Crippen LogP contribution in [0.5, 0.6) is 0 Å². The largest absolute Gasteiger partial charge is 0.378 e. The summed E-state index contributed by atoms with van der Waals surface area (Å²) in [5, 5.41) is 2.11. The number of nitrogens with one attached hydrogen (secondary N) is 1. The molecule has 0 aromatic heterocycles. The van der Waals surface area contributed by atoms with E-state index in [1.165, 1.54) is 6.42 Å². The van der Waals surface area contributed by atoms with Crippen LogP contribution in [-0.2, 0) is 4.74 Å². The standard InChI is InChI=1S/C12H23N3O2/c1-10-4-3-5-11(2)15(10)13-12(16)14-6-8-17-9-7-14/h10-11H,3-9H2,1-2H3,(H,13,16). The third-order valence-corrected chi connectivity index (χ3v) is 3.72. The van der Waals surface area contributed by atoms with Crippen LogP contribution in [0.4, 0.5) is 4.79 Å². The number of hydrogen-bond acceptors (Lipinski definition) is 3. The van der Waals surface area contributed by atoms with Crippen molar-refractivity contribution in [1.82, 2.24) is 15.3 Å². The lowest BCUT2D eigenvalue weighted by Gasteiger charge is -2.40. The molecule has 0 spiro atoms. The van der Waals surface area contributed by atoms with E-state index in [0.29, 0.717) is 38.4 Å². The third-order valence-electron chi connectivity index (χ3n) is 3.72. The quantitative estimate of drug-likeness (QED) is 0.750. The fraction of sp³-hybridized carbons (Fsp3) is 0.917. The van der Waals surface area contributed by atoms with E-state index in [0.717, 1.165) is 12.8 Å². The number of carbonyl (C=O) groups is 1. The van der Waals surface area contributed by atoms with Crippen molar-refractivity contribution in [2.24, 2.45) is 0 Å². The molecule has 0 saturated carbocycles. The molecule has 0 radical (unpaired) electrons. The van der Waals surface area contributed by atoms with Gasteiger partial charge in [0.25, 0.3) is 0 Å². The normalized spacial score (nSPS) is 31.3. The van der Waals surface area contributed by atoms with Crippen LogP contribution in [0, 0.1) is 0 Å². The zero-order chi connectivity index (χ0) is 12.3.